The van der Waals surface area contributed by atoms with Crippen molar-refractivity contribution in [2.75, 3.05) is 0 Å². The Hall–Kier alpha value is -3.29. The Morgan fingerprint density at radius 3 is 3.04 bits per heavy atom. The molecular weight excluding hydrogens is 354 g/mol. The molecule has 0 radical (unpaired) electrons. The molecule has 3 N–H and O–H groups in total. The molecule has 5 rings (SSSR count). The van der Waals surface area contributed by atoms with E-state index in [-0.39, 0.29) is 11.8 Å². The van der Waals surface area contributed by atoms with E-state index >= 15 is 0 Å². The molecule has 1 fully saturated rings. The van der Waals surface area contributed by atoms with Gasteiger partial charge in [0.05, 0.1) is 11.9 Å². The number of nitrogens with zero attached hydrogens (tertiary/aromatic N) is 5. The number of hydrogen-bond acceptors (Lipinski definition) is 5. The number of carbonyl (C=O) groups excluding carboxylic acids is 1. The molecule has 0 unspecified atom stereocenters. The van der Waals surface area contributed by atoms with Gasteiger partial charge in [0.1, 0.15) is 5.82 Å². The number of rotatable bonds is 4. The minimum atomic E-state index is -0.198. The molecule has 0 aliphatic heterocycles. The number of aromatic nitrogens is 6. The molecule has 8 nitrogen and oxygen atoms in total. The maximum atomic E-state index is 11.4. The Kier molecular flexibility index (Phi) is 3.85. The lowest BCUT2D eigenvalue weighted by atomic mass is 10.0. The highest BCUT2D eigenvalue weighted by molar-refractivity contribution is 5.83. The van der Waals surface area contributed by atoms with Crippen LogP contribution >= 0.6 is 0 Å². The number of carbonyl (C=O) groups is 1. The van der Waals surface area contributed by atoms with Crippen LogP contribution in [-0.4, -0.2) is 35.9 Å². The second-order valence-corrected chi connectivity index (χ2v) is 7.70. The van der Waals surface area contributed by atoms with Gasteiger partial charge in [0.15, 0.2) is 11.2 Å². The van der Waals surface area contributed by atoms with Gasteiger partial charge < -0.3 is 10.7 Å². The Morgan fingerprint density at radius 2 is 2.21 bits per heavy atom. The van der Waals surface area contributed by atoms with Crippen molar-refractivity contribution in [3.63, 3.8) is 0 Å². The topological polar surface area (TPSA) is 115 Å². The molecule has 1 saturated carbocycles. The van der Waals surface area contributed by atoms with Crippen LogP contribution in [0.25, 0.3) is 27.8 Å². The quantitative estimate of drug-likeness (QED) is 0.568. The van der Waals surface area contributed by atoms with Crippen LogP contribution in [0.4, 0.5) is 0 Å². The summed E-state index contributed by atoms with van der Waals surface area (Å²) in [6.07, 6.45) is 5.11. The van der Waals surface area contributed by atoms with Gasteiger partial charge in [0.25, 0.3) is 0 Å². The summed E-state index contributed by atoms with van der Waals surface area (Å²) in [5.41, 5.74) is 9.87. The third kappa shape index (κ3) is 2.90. The average molecular weight is 375 g/mol. The normalized spacial score (nSPS) is 19.6. The van der Waals surface area contributed by atoms with Gasteiger partial charge in [-0.25, -0.2) is 9.97 Å². The Bertz CT molecular complexity index is 1190. The molecule has 0 bridgehead atoms. The lowest BCUT2D eigenvalue weighted by Crippen LogP contribution is -2.21. The van der Waals surface area contributed by atoms with E-state index in [4.69, 9.17) is 10.7 Å². The highest BCUT2D eigenvalue weighted by atomic mass is 16.1. The molecule has 1 aliphatic carbocycles. The molecule has 2 atom stereocenters. The summed E-state index contributed by atoms with van der Waals surface area (Å²) in [5, 5.41) is 9.64. The zero-order valence-electron chi connectivity index (χ0n) is 15.6. The third-order valence-corrected chi connectivity index (χ3v) is 5.64. The van der Waals surface area contributed by atoms with E-state index in [1.165, 1.54) is 0 Å². The fourth-order valence-corrected chi connectivity index (χ4v) is 4.20. The number of fused-ring (bicyclic) bond motifs is 2. The largest absolute Gasteiger partial charge is 0.369 e. The summed E-state index contributed by atoms with van der Waals surface area (Å²) >= 11 is 0. The first-order chi connectivity index (χ1) is 13.6. The van der Waals surface area contributed by atoms with E-state index in [1.807, 2.05) is 19.1 Å². The first-order valence-corrected chi connectivity index (χ1v) is 9.53. The van der Waals surface area contributed by atoms with Crippen LogP contribution in [0.3, 0.4) is 0 Å². The smallest absolute Gasteiger partial charge is 0.220 e. The third-order valence-electron chi connectivity index (χ3n) is 5.64. The fourth-order valence-electron chi connectivity index (χ4n) is 4.20. The fraction of sp³-hybridized carbons (Fsp3) is 0.350. The Labute approximate surface area is 161 Å². The summed E-state index contributed by atoms with van der Waals surface area (Å²) in [6.45, 7) is 2.04. The van der Waals surface area contributed by atoms with E-state index in [2.05, 4.69) is 32.4 Å². The van der Waals surface area contributed by atoms with E-state index in [0.29, 0.717) is 17.1 Å². The molecule has 142 valence electrons. The maximum Gasteiger partial charge on any atom is 0.220 e. The molecule has 4 aromatic rings. The minimum absolute atomic E-state index is 0.0168. The minimum Gasteiger partial charge on any atom is -0.369 e. The van der Waals surface area contributed by atoms with Gasteiger partial charge >= 0.3 is 0 Å². The van der Waals surface area contributed by atoms with E-state index in [0.717, 1.165) is 53.8 Å². The van der Waals surface area contributed by atoms with Gasteiger partial charge in [-0.1, -0.05) is 11.3 Å². The van der Waals surface area contributed by atoms with Crippen LogP contribution in [0.2, 0.25) is 0 Å². The van der Waals surface area contributed by atoms with Crippen molar-refractivity contribution >= 4 is 28.0 Å². The summed E-state index contributed by atoms with van der Waals surface area (Å²) in [6, 6.07) is 8.23. The number of aryl methyl sites for hydroxylation is 1. The number of H-pyrrole nitrogens is 1. The summed E-state index contributed by atoms with van der Waals surface area (Å²) in [5.74, 6) is 0.925. The molecule has 3 aromatic heterocycles. The molecular formula is C20H21N7O. The van der Waals surface area contributed by atoms with Crippen LogP contribution in [0, 0.1) is 18.8 Å². The average Bonchev–Trinajstić information content (AvgIpc) is 3.38. The number of nitrogens with two attached hydrogens (primary N) is 1. The van der Waals surface area contributed by atoms with Crippen molar-refractivity contribution in [1.82, 2.24) is 29.9 Å². The zero-order valence-corrected chi connectivity index (χ0v) is 15.6. The second kappa shape index (κ2) is 6.40. The SMILES string of the molecule is Cc1cc2ccc(-n3nnc4cnc(C[C@@H]5CC[C@@H](C(N)=O)C5)nc43)cc2[nH]1. The monoisotopic (exact) mass is 375 g/mol. The Morgan fingerprint density at radius 1 is 1.32 bits per heavy atom. The van der Waals surface area contributed by atoms with Gasteiger partial charge in [0.2, 0.25) is 5.91 Å². The van der Waals surface area contributed by atoms with Crippen LogP contribution in [0.15, 0.2) is 30.5 Å². The summed E-state index contributed by atoms with van der Waals surface area (Å²) in [4.78, 5) is 23.9. The van der Waals surface area contributed by atoms with Crippen molar-refractivity contribution in [3.8, 4) is 5.69 Å². The van der Waals surface area contributed by atoms with Crippen molar-refractivity contribution in [1.29, 1.82) is 0 Å². The highest BCUT2D eigenvalue weighted by Gasteiger charge is 2.29. The molecule has 0 saturated heterocycles. The predicted molar refractivity (Wildman–Crippen MR) is 105 cm³/mol. The lowest BCUT2D eigenvalue weighted by molar-refractivity contribution is -0.121. The molecule has 3 heterocycles. The summed E-state index contributed by atoms with van der Waals surface area (Å²) < 4.78 is 1.75. The first-order valence-electron chi connectivity index (χ1n) is 9.53. The Balaban J connectivity index is 1.47. The van der Waals surface area contributed by atoms with Gasteiger partial charge in [-0.3, -0.25) is 4.79 Å². The van der Waals surface area contributed by atoms with Crippen LogP contribution in [0.5, 0.6) is 0 Å². The van der Waals surface area contributed by atoms with Gasteiger partial charge in [0, 0.05) is 23.5 Å². The summed E-state index contributed by atoms with van der Waals surface area (Å²) in [7, 11) is 0. The standard InChI is InChI=1S/C20H21N7O/c1-11-6-13-4-5-15(9-16(13)23-11)27-20-17(25-26-27)10-22-18(24-20)8-12-2-3-14(7-12)19(21)28/h4-6,9-10,12,14,23H,2-3,7-8H2,1H3,(H2,21,28)/t12-,14-/m1/s1. The molecule has 1 aliphatic rings. The number of amides is 1. The van der Waals surface area contributed by atoms with Crippen LogP contribution < -0.4 is 5.73 Å². The van der Waals surface area contributed by atoms with Crippen molar-refractivity contribution < 1.29 is 4.79 Å². The molecule has 1 aromatic carbocycles. The predicted octanol–water partition coefficient (Wildman–Crippen LogP) is 2.44. The van der Waals surface area contributed by atoms with Crippen molar-refractivity contribution in [2.45, 2.75) is 32.6 Å². The number of benzene rings is 1. The second-order valence-electron chi connectivity index (χ2n) is 7.70. The zero-order chi connectivity index (χ0) is 19.3. The van der Waals surface area contributed by atoms with Crippen LogP contribution in [-0.2, 0) is 11.2 Å². The number of aromatic amines is 1. The molecule has 1 amide bonds. The number of hydrogen-bond donors (Lipinski definition) is 2. The van der Waals surface area contributed by atoms with Gasteiger partial charge in [-0.15, -0.1) is 5.10 Å². The van der Waals surface area contributed by atoms with Gasteiger partial charge in [-0.05, 0) is 55.7 Å². The van der Waals surface area contributed by atoms with E-state index in [1.54, 1.807) is 10.9 Å². The first kappa shape index (κ1) is 16.9. The molecule has 8 heteroatoms. The number of nitrogens with one attached hydrogen (secondary N) is 1. The lowest BCUT2D eigenvalue weighted by Gasteiger charge is -2.09. The highest BCUT2D eigenvalue weighted by Crippen LogP contribution is 2.32. The van der Waals surface area contributed by atoms with Crippen molar-refractivity contribution in [3.05, 3.63) is 42.0 Å². The maximum absolute atomic E-state index is 11.4. The molecule has 0 spiro atoms. The van der Waals surface area contributed by atoms with Crippen molar-refractivity contribution in [2.24, 2.45) is 17.6 Å². The van der Waals surface area contributed by atoms with Gasteiger partial charge in [-0.2, -0.15) is 4.68 Å². The molecule has 28 heavy (non-hydrogen) atoms. The number of primary amides is 1. The van der Waals surface area contributed by atoms with E-state index < -0.39 is 0 Å². The van der Waals surface area contributed by atoms with Crippen LogP contribution in [0.1, 0.15) is 30.8 Å². The van der Waals surface area contributed by atoms with E-state index in [9.17, 15) is 4.79 Å².